The molecule has 3 aromatic rings. The molecule has 0 bridgehead atoms. The van der Waals surface area contributed by atoms with Gasteiger partial charge in [-0.3, -0.25) is 15.2 Å². The molecule has 144 valence electrons. The van der Waals surface area contributed by atoms with Crippen LogP contribution in [0.3, 0.4) is 0 Å². The standard InChI is InChI=1S/C20H22N6O2/c27-20(21-8-9-26-10-12-28-13-11-26)25-18-7-6-16-19(24-18)23-17(14-22-16)15-4-2-1-3-5-15/h1-7,14H,8-13H2,(H2,21,23,24,25,27). The number of pyridine rings is 1. The van der Waals surface area contributed by atoms with Crippen molar-refractivity contribution in [2.75, 3.05) is 44.7 Å². The first-order valence-electron chi connectivity index (χ1n) is 9.32. The second kappa shape index (κ2) is 8.73. The zero-order valence-corrected chi connectivity index (χ0v) is 15.5. The van der Waals surface area contributed by atoms with Crippen molar-refractivity contribution >= 4 is 23.0 Å². The molecule has 1 fully saturated rings. The van der Waals surface area contributed by atoms with Crippen LogP contribution in [0.4, 0.5) is 10.6 Å². The maximum absolute atomic E-state index is 12.1. The van der Waals surface area contributed by atoms with E-state index in [4.69, 9.17) is 4.74 Å². The molecule has 28 heavy (non-hydrogen) atoms. The van der Waals surface area contributed by atoms with Gasteiger partial charge in [0.15, 0.2) is 5.65 Å². The number of amides is 2. The summed E-state index contributed by atoms with van der Waals surface area (Å²) in [6.45, 7) is 4.67. The number of rotatable bonds is 5. The number of carbonyl (C=O) groups excluding carboxylic acids is 1. The lowest BCUT2D eigenvalue weighted by Crippen LogP contribution is -2.42. The predicted molar refractivity (Wildman–Crippen MR) is 107 cm³/mol. The van der Waals surface area contributed by atoms with E-state index in [-0.39, 0.29) is 6.03 Å². The van der Waals surface area contributed by atoms with E-state index in [1.165, 1.54) is 0 Å². The summed E-state index contributed by atoms with van der Waals surface area (Å²) in [5, 5.41) is 5.61. The largest absolute Gasteiger partial charge is 0.379 e. The highest BCUT2D eigenvalue weighted by Gasteiger charge is 2.11. The average molecular weight is 378 g/mol. The Balaban J connectivity index is 1.38. The van der Waals surface area contributed by atoms with Crippen molar-refractivity contribution in [3.05, 3.63) is 48.7 Å². The van der Waals surface area contributed by atoms with Crippen LogP contribution in [0, 0.1) is 0 Å². The fourth-order valence-electron chi connectivity index (χ4n) is 3.03. The van der Waals surface area contributed by atoms with Gasteiger partial charge >= 0.3 is 6.03 Å². The number of hydrogen-bond acceptors (Lipinski definition) is 6. The van der Waals surface area contributed by atoms with Gasteiger partial charge in [0.1, 0.15) is 11.3 Å². The number of carbonyl (C=O) groups is 1. The smallest absolute Gasteiger partial charge is 0.320 e. The summed E-state index contributed by atoms with van der Waals surface area (Å²) in [4.78, 5) is 27.8. The number of benzene rings is 1. The van der Waals surface area contributed by atoms with Gasteiger partial charge in [0, 0.05) is 31.7 Å². The van der Waals surface area contributed by atoms with Crippen molar-refractivity contribution < 1.29 is 9.53 Å². The Bertz CT molecular complexity index is 944. The Morgan fingerprint density at radius 1 is 1.07 bits per heavy atom. The molecule has 3 heterocycles. The fourth-order valence-corrected chi connectivity index (χ4v) is 3.03. The molecule has 0 aliphatic carbocycles. The fraction of sp³-hybridized carbons (Fsp3) is 0.300. The Morgan fingerprint density at radius 2 is 1.89 bits per heavy atom. The van der Waals surface area contributed by atoms with Crippen LogP contribution in [0.1, 0.15) is 0 Å². The highest BCUT2D eigenvalue weighted by molar-refractivity contribution is 5.89. The van der Waals surface area contributed by atoms with Gasteiger partial charge in [-0.2, -0.15) is 0 Å². The number of nitrogens with zero attached hydrogens (tertiary/aromatic N) is 4. The maximum Gasteiger partial charge on any atom is 0.320 e. The number of morpholine rings is 1. The topological polar surface area (TPSA) is 92.3 Å². The molecular formula is C20H22N6O2. The molecule has 1 aromatic carbocycles. The van der Waals surface area contributed by atoms with Gasteiger partial charge in [0.2, 0.25) is 0 Å². The third kappa shape index (κ3) is 4.59. The lowest BCUT2D eigenvalue weighted by Gasteiger charge is -2.26. The van der Waals surface area contributed by atoms with E-state index in [1.807, 2.05) is 30.3 Å². The molecule has 1 aliphatic rings. The predicted octanol–water partition coefficient (Wildman–Crippen LogP) is 2.15. The van der Waals surface area contributed by atoms with Gasteiger partial charge in [-0.1, -0.05) is 30.3 Å². The lowest BCUT2D eigenvalue weighted by molar-refractivity contribution is 0.0388. The minimum atomic E-state index is -0.285. The highest BCUT2D eigenvalue weighted by Crippen LogP contribution is 2.18. The zero-order chi connectivity index (χ0) is 19.2. The van der Waals surface area contributed by atoms with Crippen molar-refractivity contribution in [1.82, 2.24) is 25.2 Å². The van der Waals surface area contributed by atoms with E-state index in [0.717, 1.165) is 44.1 Å². The molecule has 0 saturated carbocycles. The van der Waals surface area contributed by atoms with E-state index < -0.39 is 0 Å². The van der Waals surface area contributed by atoms with Crippen LogP contribution in [0.15, 0.2) is 48.7 Å². The molecule has 0 unspecified atom stereocenters. The number of anilines is 1. The van der Waals surface area contributed by atoms with Crippen LogP contribution in [0.5, 0.6) is 0 Å². The summed E-state index contributed by atoms with van der Waals surface area (Å²) in [5.74, 6) is 0.441. The van der Waals surface area contributed by atoms with Crippen LogP contribution in [0.2, 0.25) is 0 Å². The third-order valence-corrected chi connectivity index (χ3v) is 4.54. The van der Waals surface area contributed by atoms with Gasteiger partial charge in [0.05, 0.1) is 25.1 Å². The molecule has 1 saturated heterocycles. The second-order valence-electron chi connectivity index (χ2n) is 6.50. The molecular weight excluding hydrogens is 356 g/mol. The number of aromatic nitrogens is 3. The molecule has 2 aromatic heterocycles. The molecule has 2 N–H and O–H groups in total. The summed E-state index contributed by atoms with van der Waals surface area (Å²) in [7, 11) is 0. The quantitative estimate of drug-likeness (QED) is 0.707. The SMILES string of the molecule is O=C(NCCN1CCOCC1)Nc1ccc2ncc(-c3ccccc3)nc2n1. The Hall–Kier alpha value is -3.10. The minimum Gasteiger partial charge on any atom is -0.379 e. The van der Waals surface area contributed by atoms with Crippen molar-refractivity contribution in [3.63, 3.8) is 0 Å². The van der Waals surface area contributed by atoms with Crippen LogP contribution in [0.25, 0.3) is 22.4 Å². The molecule has 8 heteroatoms. The van der Waals surface area contributed by atoms with Gasteiger partial charge < -0.3 is 10.1 Å². The lowest BCUT2D eigenvalue weighted by atomic mass is 10.2. The van der Waals surface area contributed by atoms with Crippen molar-refractivity contribution in [3.8, 4) is 11.3 Å². The number of ether oxygens (including phenoxy) is 1. The first kappa shape index (κ1) is 18.3. The highest BCUT2D eigenvalue weighted by atomic mass is 16.5. The molecule has 0 radical (unpaired) electrons. The van der Waals surface area contributed by atoms with Gasteiger partial charge in [-0.05, 0) is 12.1 Å². The molecule has 0 spiro atoms. The first-order chi connectivity index (χ1) is 13.8. The number of fused-ring (bicyclic) bond motifs is 1. The third-order valence-electron chi connectivity index (χ3n) is 4.54. The van der Waals surface area contributed by atoms with Crippen molar-refractivity contribution in [1.29, 1.82) is 0 Å². The maximum atomic E-state index is 12.1. The normalized spacial score (nSPS) is 14.7. The number of nitrogens with one attached hydrogen (secondary N) is 2. The molecule has 8 nitrogen and oxygen atoms in total. The summed E-state index contributed by atoms with van der Waals surface area (Å²) in [6.07, 6.45) is 1.73. The summed E-state index contributed by atoms with van der Waals surface area (Å²) >= 11 is 0. The van der Waals surface area contributed by atoms with Gasteiger partial charge in [-0.15, -0.1) is 0 Å². The van der Waals surface area contributed by atoms with Crippen molar-refractivity contribution in [2.45, 2.75) is 0 Å². The van der Waals surface area contributed by atoms with E-state index in [1.54, 1.807) is 18.3 Å². The summed E-state index contributed by atoms with van der Waals surface area (Å²) in [5.41, 5.74) is 2.89. The zero-order valence-electron chi connectivity index (χ0n) is 15.5. The van der Waals surface area contributed by atoms with Crippen LogP contribution in [-0.4, -0.2) is 65.3 Å². The Kier molecular flexibility index (Phi) is 5.69. The van der Waals surface area contributed by atoms with E-state index >= 15 is 0 Å². The van der Waals surface area contributed by atoms with Crippen LogP contribution >= 0.6 is 0 Å². The number of urea groups is 1. The van der Waals surface area contributed by atoms with E-state index in [0.29, 0.717) is 23.5 Å². The van der Waals surface area contributed by atoms with Gasteiger partial charge in [0.25, 0.3) is 0 Å². The Labute approximate surface area is 163 Å². The van der Waals surface area contributed by atoms with Crippen LogP contribution < -0.4 is 10.6 Å². The minimum absolute atomic E-state index is 0.285. The summed E-state index contributed by atoms with van der Waals surface area (Å²) < 4.78 is 5.32. The number of hydrogen-bond donors (Lipinski definition) is 2. The monoisotopic (exact) mass is 378 g/mol. The van der Waals surface area contributed by atoms with E-state index in [2.05, 4.69) is 30.5 Å². The molecule has 1 aliphatic heterocycles. The summed E-state index contributed by atoms with van der Waals surface area (Å²) in [6, 6.07) is 13.0. The Morgan fingerprint density at radius 3 is 2.71 bits per heavy atom. The molecule has 4 rings (SSSR count). The van der Waals surface area contributed by atoms with E-state index in [9.17, 15) is 4.79 Å². The van der Waals surface area contributed by atoms with Crippen molar-refractivity contribution in [2.24, 2.45) is 0 Å². The second-order valence-corrected chi connectivity index (χ2v) is 6.50. The van der Waals surface area contributed by atoms with Gasteiger partial charge in [-0.25, -0.2) is 14.8 Å². The molecule has 0 atom stereocenters. The van der Waals surface area contributed by atoms with Crippen LogP contribution in [-0.2, 0) is 4.74 Å². The first-order valence-corrected chi connectivity index (χ1v) is 9.32. The average Bonchev–Trinajstić information content (AvgIpc) is 2.74. The molecule has 2 amide bonds.